The maximum Gasteiger partial charge on any atom is 0.336 e. The van der Waals surface area contributed by atoms with Crippen molar-refractivity contribution in [2.24, 2.45) is 0 Å². The van der Waals surface area contributed by atoms with Gasteiger partial charge in [-0.2, -0.15) is 0 Å². The zero-order valence-electron chi connectivity index (χ0n) is 27.6. The quantitative estimate of drug-likeness (QED) is 0.135. The molecule has 2 atom stereocenters. The molecule has 0 aromatic heterocycles. The Balaban J connectivity index is 1.46. The lowest BCUT2D eigenvalue weighted by molar-refractivity contribution is -0.177. The second kappa shape index (κ2) is 19.2. The Morgan fingerprint density at radius 1 is 0.889 bits per heavy atom. The zero-order chi connectivity index (χ0) is 32.6. The van der Waals surface area contributed by atoms with Gasteiger partial charge in [0.25, 0.3) is 5.91 Å². The van der Waals surface area contributed by atoms with Gasteiger partial charge >= 0.3 is 11.9 Å². The molecular formula is C36H52N2O7. The second-order valence-corrected chi connectivity index (χ2v) is 12.0. The van der Waals surface area contributed by atoms with E-state index in [1.54, 1.807) is 14.0 Å². The standard InChI is InChI=1S/C36H52N2O7/c1-5-43-32(39)25-45-34(36(41)42)33(44-22-11-6-8-13-28-17-16-26(2)27(3)23-28)35(40)38(4)21-10-7-9-20-37-31-19-18-29-14-12-15-30(29)24-31/h16-19,23-24,33-34,37H,5-15,20-22,25H2,1-4H3,(H,41,42)/t33-,34-/m1/s1. The normalized spacial score (nSPS) is 13.6. The number of ether oxygens (including phenoxy) is 3. The minimum Gasteiger partial charge on any atom is -0.479 e. The summed E-state index contributed by atoms with van der Waals surface area (Å²) in [6.07, 6.45) is 6.60. The van der Waals surface area contributed by atoms with E-state index >= 15 is 0 Å². The number of carboxylic acid groups (broad SMARTS) is 1. The van der Waals surface area contributed by atoms with Gasteiger partial charge < -0.3 is 29.5 Å². The number of carbonyl (C=O) groups is 3. The Morgan fingerprint density at radius 3 is 2.42 bits per heavy atom. The molecule has 0 saturated heterocycles. The highest BCUT2D eigenvalue weighted by Crippen LogP contribution is 2.25. The van der Waals surface area contributed by atoms with E-state index in [1.165, 1.54) is 45.6 Å². The van der Waals surface area contributed by atoms with Crippen molar-refractivity contribution in [2.45, 2.75) is 97.2 Å². The average Bonchev–Trinajstić information content (AvgIpc) is 3.49. The summed E-state index contributed by atoms with van der Waals surface area (Å²) in [4.78, 5) is 39.0. The summed E-state index contributed by atoms with van der Waals surface area (Å²) in [6.45, 7) is 6.93. The number of anilines is 1. The summed E-state index contributed by atoms with van der Waals surface area (Å²) >= 11 is 0. The van der Waals surface area contributed by atoms with E-state index < -0.39 is 36.7 Å². The molecule has 9 heteroatoms. The molecule has 2 aromatic rings. The maximum absolute atomic E-state index is 13.5. The summed E-state index contributed by atoms with van der Waals surface area (Å²) in [7, 11) is 1.65. The number of amides is 1. The predicted molar refractivity (Wildman–Crippen MR) is 176 cm³/mol. The molecule has 1 aliphatic carbocycles. The molecule has 0 bridgehead atoms. The van der Waals surface area contributed by atoms with Crippen LogP contribution in [0.1, 0.15) is 79.7 Å². The van der Waals surface area contributed by atoms with Crippen LogP contribution in [0.3, 0.4) is 0 Å². The Morgan fingerprint density at radius 2 is 1.67 bits per heavy atom. The fourth-order valence-electron chi connectivity index (χ4n) is 5.61. The van der Waals surface area contributed by atoms with Gasteiger partial charge in [0.1, 0.15) is 6.61 Å². The van der Waals surface area contributed by atoms with E-state index in [0.29, 0.717) is 13.0 Å². The maximum atomic E-state index is 13.5. The topological polar surface area (TPSA) is 114 Å². The monoisotopic (exact) mass is 624 g/mol. The molecule has 45 heavy (non-hydrogen) atoms. The fourth-order valence-corrected chi connectivity index (χ4v) is 5.61. The molecule has 0 fully saturated rings. The summed E-state index contributed by atoms with van der Waals surface area (Å²) in [5.74, 6) is -2.53. The van der Waals surface area contributed by atoms with E-state index in [2.05, 4.69) is 55.6 Å². The van der Waals surface area contributed by atoms with Gasteiger partial charge in [-0.05, 0) is 119 Å². The fraction of sp³-hybridized carbons (Fsp3) is 0.583. The largest absolute Gasteiger partial charge is 0.479 e. The van der Waals surface area contributed by atoms with Gasteiger partial charge in [0.2, 0.25) is 0 Å². The Bertz CT molecular complexity index is 1250. The lowest BCUT2D eigenvalue weighted by Crippen LogP contribution is -2.50. The van der Waals surface area contributed by atoms with Crippen LogP contribution in [-0.4, -0.2) is 80.0 Å². The number of aryl methyl sites for hydroxylation is 5. The first kappa shape index (κ1) is 36.0. The van der Waals surface area contributed by atoms with Crippen molar-refractivity contribution in [3.05, 3.63) is 64.2 Å². The predicted octanol–water partition coefficient (Wildman–Crippen LogP) is 5.66. The third-order valence-corrected chi connectivity index (χ3v) is 8.40. The van der Waals surface area contributed by atoms with Gasteiger partial charge in [0, 0.05) is 32.4 Å². The zero-order valence-corrected chi connectivity index (χ0v) is 27.6. The third-order valence-electron chi connectivity index (χ3n) is 8.40. The Hall–Kier alpha value is -3.43. The van der Waals surface area contributed by atoms with E-state index in [1.807, 2.05) is 0 Å². The van der Waals surface area contributed by atoms with E-state index in [4.69, 9.17) is 14.2 Å². The van der Waals surface area contributed by atoms with Gasteiger partial charge in [-0.1, -0.05) is 30.7 Å². The molecule has 0 saturated carbocycles. The summed E-state index contributed by atoms with van der Waals surface area (Å²) in [5, 5.41) is 13.4. The van der Waals surface area contributed by atoms with Crippen molar-refractivity contribution in [1.82, 2.24) is 4.90 Å². The first-order valence-electron chi connectivity index (χ1n) is 16.5. The number of hydrogen-bond acceptors (Lipinski definition) is 7. The average molecular weight is 625 g/mol. The molecule has 248 valence electrons. The highest BCUT2D eigenvalue weighted by molar-refractivity contribution is 5.88. The molecule has 2 N–H and O–H groups in total. The van der Waals surface area contributed by atoms with Gasteiger partial charge in [-0.3, -0.25) is 4.79 Å². The number of likely N-dealkylation sites (N-methyl/N-ethyl adjacent to an activating group) is 1. The highest BCUT2D eigenvalue weighted by atomic mass is 16.6. The third kappa shape index (κ3) is 12.1. The molecule has 9 nitrogen and oxygen atoms in total. The number of fused-ring (bicyclic) bond motifs is 1. The molecule has 1 aliphatic rings. The van der Waals surface area contributed by atoms with Crippen LogP contribution in [0.4, 0.5) is 5.69 Å². The van der Waals surface area contributed by atoms with Crippen molar-refractivity contribution < 1.29 is 33.7 Å². The molecule has 1 amide bonds. The molecule has 0 aliphatic heterocycles. The van der Waals surface area contributed by atoms with Crippen LogP contribution in [-0.2, 0) is 47.9 Å². The minimum atomic E-state index is -1.63. The van der Waals surface area contributed by atoms with E-state index in [0.717, 1.165) is 57.2 Å². The molecular weight excluding hydrogens is 572 g/mol. The van der Waals surface area contributed by atoms with Crippen molar-refractivity contribution in [1.29, 1.82) is 0 Å². The van der Waals surface area contributed by atoms with Crippen LogP contribution in [0.25, 0.3) is 0 Å². The number of nitrogens with zero attached hydrogens (tertiary/aromatic N) is 1. The highest BCUT2D eigenvalue weighted by Gasteiger charge is 2.38. The molecule has 3 rings (SSSR count). The van der Waals surface area contributed by atoms with Crippen LogP contribution >= 0.6 is 0 Å². The summed E-state index contributed by atoms with van der Waals surface area (Å²) in [6, 6.07) is 13.1. The summed E-state index contributed by atoms with van der Waals surface area (Å²) in [5.41, 5.74) is 7.88. The van der Waals surface area contributed by atoms with Crippen molar-refractivity contribution in [3.8, 4) is 0 Å². The Kier molecular flexibility index (Phi) is 15.4. The van der Waals surface area contributed by atoms with E-state index in [-0.39, 0.29) is 13.2 Å². The number of carbonyl (C=O) groups excluding carboxylic acids is 2. The van der Waals surface area contributed by atoms with Gasteiger partial charge in [0.15, 0.2) is 12.2 Å². The lowest BCUT2D eigenvalue weighted by Gasteiger charge is -2.28. The number of hydrogen-bond donors (Lipinski definition) is 2. The Labute approximate surface area is 268 Å². The number of rotatable bonds is 21. The first-order chi connectivity index (χ1) is 21.7. The first-order valence-corrected chi connectivity index (χ1v) is 16.5. The number of carboxylic acids is 1. The van der Waals surface area contributed by atoms with Crippen molar-refractivity contribution in [3.63, 3.8) is 0 Å². The molecule has 0 spiro atoms. The van der Waals surface area contributed by atoms with Crippen molar-refractivity contribution in [2.75, 3.05) is 45.3 Å². The van der Waals surface area contributed by atoms with Gasteiger partial charge in [0.05, 0.1) is 6.61 Å². The molecule has 0 unspecified atom stereocenters. The number of aliphatic carboxylic acids is 1. The van der Waals surface area contributed by atoms with Crippen LogP contribution in [0.2, 0.25) is 0 Å². The second-order valence-electron chi connectivity index (χ2n) is 12.0. The van der Waals surface area contributed by atoms with Gasteiger partial charge in [-0.25, -0.2) is 9.59 Å². The number of nitrogens with one attached hydrogen (secondary N) is 1. The SMILES string of the molecule is CCOC(=O)CO[C@@H](C(=O)O)[C@@H](OCCCCCc1ccc(C)c(C)c1)C(=O)N(C)CCCCCNc1ccc2c(c1)CCC2. The molecule has 0 radical (unpaired) electrons. The van der Waals surface area contributed by atoms with Crippen LogP contribution in [0.5, 0.6) is 0 Å². The van der Waals surface area contributed by atoms with E-state index in [9.17, 15) is 19.5 Å². The number of benzene rings is 2. The van der Waals surface area contributed by atoms with Crippen molar-refractivity contribution >= 4 is 23.5 Å². The smallest absolute Gasteiger partial charge is 0.336 e. The summed E-state index contributed by atoms with van der Waals surface area (Å²) < 4.78 is 16.1. The van der Waals surface area contributed by atoms with Gasteiger partial charge in [-0.15, -0.1) is 0 Å². The van der Waals surface area contributed by atoms with Crippen LogP contribution in [0, 0.1) is 13.8 Å². The van der Waals surface area contributed by atoms with Crippen LogP contribution < -0.4 is 5.32 Å². The van der Waals surface area contributed by atoms with Crippen LogP contribution in [0.15, 0.2) is 36.4 Å². The lowest BCUT2D eigenvalue weighted by atomic mass is 10.0. The molecule has 0 heterocycles. The minimum absolute atomic E-state index is 0.145. The number of unbranched alkanes of at least 4 members (excludes halogenated alkanes) is 4. The molecule has 2 aromatic carbocycles. The number of esters is 1.